The van der Waals surface area contributed by atoms with Gasteiger partial charge in [0.25, 0.3) is 11.8 Å². The number of amides is 2. The van der Waals surface area contributed by atoms with Gasteiger partial charge in [0.05, 0.1) is 17.7 Å². The molecule has 3 rings (SSSR count). The number of ether oxygens (including phenoxy) is 1. The number of ketones is 1. The van der Waals surface area contributed by atoms with Gasteiger partial charge in [0.1, 0.15) is 0 Å². The number of carbonyl (C=O) groups is 3. The van der Waals surface area contributed by atoms with Gasteiger partial charge >= 0.3 is 0 Å². The van der Waals surface area contributed by atoms with Gasteiger partial charge in [0.15, 0.2) is 5.78 Å². The number of nitrogens with zero attached hydrogens (tertiary/aromatic N) is 2. The van der Waals surface area contributed by atoms with E-state index in [0.29, 0.717) is 23.3 Å². The van der Waals surface area contributed by atoms with Gasteiger partial charge in [0.2, 0.25) is 0 Å². The van der Waals surface area contributed by atoms with Crippen LogP contribution in [-0.2, 0) is 11.3 Å². The molecule has 136 valence electrons. The van der Waals surface area contributed by atoms with E-state index in [9.17, 15) is 14.4 Å². The van der Waals surface area contributed by atoms with E-state index >= 15 is 0 Å². The Morgan fingerprint density at radius 3 is 2.27 bits per heavy atom. The third-order valence-electron chi connectivity index (χ3n) is 4.78. The Balaban J connectivity index is 1.78. The zero-order chi connectivity index (χ0) is 18.8. The normalized spacial score (nSPS) is 13.4. The van der Waals surface area contributed by atoms with Crippen molar-refractivity contribution in [3.63, 3.8) is 0 Å². The maximum atomic E-state index is 12.8. The summed E-state index contributed by atoms with van der Waals surface area (Å²) >= 11 is 0. The number of rotatable bonds is 7. The molecule has 1 aromatic heterocycles. The van der Waals surface area contributed by atoms with Gasteiger partial charge in [-0.2, -0.15) is 0 Å². The standard InChI is InChI=1S/C20H22N2O4/c1-13-11-17(14(2)21(13)9-6-10-26-3)18(23)12-22-19(24)15-7-4-5-8-16(15)20(22)25/h4-5,7-8,11H,6,9-10,12H2,1-3H3. The van der Waals surface area contributed by atoms with Crippen LogP contribution in [0.3, 0.4) is 0 Å². The van der Waals surface area contributed by atoms with Crippen LogP contribution in [0.5, 0.6) is 0 Å². The van der Waals surface area contributed by atoms with Gasteiger partial charge in [-0.3, -0.25) is 19.3 Å². The lowest BCUT2D eigenvalue weighted by molar-refractivity contribution is 0.0624. The number of benzene rings is 1. The van der Waals surface area contributed by atoms with Crippen molar-refractivity contribution in [2.75, 3.05) is 20.3 Å². The molecule has 0 spiro atoms. The van der Waals surface area contributed by atoms with Crippen molar-refractivity contribution in [3.8, 4) is 0 Å². The highest BCUT2D eigenvalue weighted by molar-refractivity contribution is 6.23. The maximum Gasteiger partial charge on any atom is 0.261 e. The fourth-order valence-corrected chi connectivity index (χ4v) is 3.41. The van der Waals surface area contributed by atoms with Crippen LogP contribution in [0.25, 0.3) is 0 Å². The van der Waals surface area contributed by atoms with Crippen molar-refractivity contribution in [1.82, 2.24) is 9.47 Å². The van der Waals surface area contributed by atoms with E-state index in [1.165, 1.54) is 0 Å². The first-order chi connectivity index (χ1) is 12.5. The van der Waals surface area contributed by atoms with Crippen molar-refractivity contribution in [3.05, 3.63) is 58.4 Å². The largest absolute Gasteiger partial charge is 0.385 e. The number of hydrogen-bond acceptors (Lipinski definition) is 4. The molecule has 0 bridgehead atoms. The lowest BCUT2D eigenvalue weighted by Gasteiger charge is -2.13. The van der Waals surface area contributed by atoms with Gasteiger partial charge in [-0.25, -0.2) is 0 Å². The lowest BCUT2D eigenvalue weighted by atomic mass is 10.1. The second-order valence-corrected chi connectivity index (χ2v) is 6.45. The molecule has 0 unspecified atom stereocenters. The van der Waals surface area contributed by atoms with Crippen LogP contribution in [0.2, 0.25) is 0 Å². The molecule has 26 heavy (non-hydrogen) atoms. The summed E-state index contributed by atoms with van der Waals surface area (Å²) in [7, 11) is 1.66. The van der Waals surface area contributed by atoms with Gasteiger partial charge < -0.3 is 9.30 Å². The Hall–Kier alpha value is -2.73. The van der Waals surface area contributed by atoms with Crippen LogP contribution >= 0.6 is 0 Å². The van der Waals surface area contributed by atoms with E-state index in [-0.39, 0.29) is 12.3 Å². The molecule has 0 N–H and O–H groups in total. The van der Waals surface area contributed by atoms with Crippen LogP contribution in [0.15, 0.2) is 30.3 Å². The van der Waals surface area contributed by atoms with E-state index in [0.717, 1.165) is 29.3 Å². The Labute approximate surface area is 152 Å². The fourth-order valence-electron chi connectivity index (χ4n) is 3.41. The third kappa shape index (κ3) is 3.08. The maximum absolute atomic E-state index is 12.8. The number of imide groups is 1. The number of Topliss-reactive ketones (excluding diaryl/α,β-unsaturated/α-hetero) is 1. The van der Waals surface area contributed by atoms with Crippen molar-refractivity contribution < 1.29 is 19.1 Å². The summed E-state index contributed by atoms with van der Waals surface area (Å²) in [5.41, 5.74) is 3.09. The molecular weight excluding hydrogens is 332 g/mol. The van der Waals surface area contributed by atoms with E-state index in [1.807, 2.05) is 19.9 Å². The molecule has 0 aliphatic carbocycles. The van der Waals surface area contributed by atoms with Crippen molar-refractivity contribution in [1.29, 1.82) is 0 Å². The first-order valence-corrected chi connectivity index (χ1v) is 8.59. The summed E-state index contributed by atoms with van der Waals surface area (Å²) in [6.45, 7) is 4.99. The monoisotopic (exact) mass is 354 g/mol. The summed E-state index contributed by atoms with van der Waals surface area (Å²) in [6.07, 6.45) is 0.846. The number of methoxy groups -OCH3 is 1. The second-order valence-electron chi connectivity index (χ2n) is 6.45. The molecule has 1 aromatic carbocycles. The number of aromatic nitrogens is 1. The molecular formula is C20H22N2O4. The predicted molar refractivity (Wildman–Crippen MR) is 96.5 cm³/mol. The van der Waals surface area contributed by atoms with E-state index in [2.05, 4.69) is 4.57 Å². The zero-order valence-electron chi connectivity index (χ0n) is 15.2. The van der Waals surface area contributed by atoms with Gasteiger partial charge in [0, 0.05) is 37.2 Å². The molecule has 0 radical (unpaired) electrons. The Kier molecular flexibility index (Phi) is 5.04. The Morgan fingerprint density at radius 2 is 1.69 bits per heavy atom. The summed E-state index contributed by atoms with van der Waals surface area (Å²) in [5, 5.41) is 0. The Morgan fingerprint density at radius 1 is 1.08 bits per heavy atom. The number of carbonyl (C=O) groups excluding carboxylic acids is 3. The van der Waals surface area contributed by atoms with Crippen LogP contribution in [0.1, 0.15) is 48.9 Å². The minimum Gasteiger partial charge on any atom is -0.385 e. The fraction of sp³-hybridized carbons (Fsp3) is 0.350. The summed E-state index contributed by atoms with van der Waals surface area (Å²) in [6, 6.07) is 8.47. The van der Waals surface area contributed by atoms with E-state index in [4.69, 9.17) is 4.74 Å². The number of fused-ring (bicyclic) bond motifs is 1. The highest BCUT2D eigenvalue weighted by Gasteiger charge is 2.36. The quantitative estimate of drug-likeness (QED) is 0.435. The SMILES string of the molecule is COCCCn1c(C)cc(C(=O)CN2C(=O)c3ccccc3C2=O)c1C. The van der Waals surface area contributed by atoms with Crippen LogP contribution in [0.4, 0.5) is 0 Å². The number of hydrogen-bond donors (Lipinski definition) is 0. The molecule has 1 aliphatic rings. The minimum atomic E-state index is -0.409. The van der Waals surface area contributed by atoms with Crippen molar-refractivity contribution in [2.24, 2.45) is 0 Å². The smallest absolute Gasteiger partial charge is 0.261 e. The first-order valence-electron chi connectivity index (χ1n) is 8.59. The van der Waals surface area contributed by atoms with E-state index < -0.39 is 11.8 Å². The molecule has 2 amide bonds. The van der Waals surface area contributed by atoms with Crippen LogP contribution in [0, 0.1) is 13.8 Å². The second kappa shape index (κ2) is 7.25. The summed E-state index contributed by atoms with van der Waals surface area (Å²) < 4.78 is 7.14. The average Bonchev–Trinajstić information content (AvgIpc) is 3.05. The topological polar surface area (TPSA) is 68.6 Å². The minimum absolute atomic E-state index is 0.231. The average molecular weight is 354 g/mol. The molecule has 0 saturated carbocycles. The highest BCUT2D eigenvalue weighted by Crippen LogP contribution is 2.24. The van der Waals surface area contributed by atoms with E-state index in [1.54, 1.807) is 31.4 Å². The lowest BCUT2D eigenvalue weighted by Crippen LogP contribution is -2.35. The summed E-state index contributed by atoms with van der Waals surface area (Å²) in [4.78, 5) is 38.7. The van der Waals surface area contributed by atoms with Crippen molar-refractivity contribution >= 4 is 17.6 Å². The molecule has 0 atom stereocenters. The Bertz CT molecular complexity index is 847. The molecule has 0 saturated heterocycles. The van der Waals surface area contributed by atoms with Gasteiger partial charge in [-0.1, -0.05) is 12.1 Å². The van der Waals surface area contributed by atoms with Crippen LogP contribution < -0.4 is 0 Å². The molecule has 0 fully saturated rings. The molecule has 6 nitrogen and oxygen atoms in total. The summed E-state index contributed by atoms with van der Waals surface area (Å²) in [5.74, 6) is -1.05. The molecule has 6 heteroatoms. The molecule has 2 heterocycles. The van der Waals surface area contributed by atoms with Crippen molar-refractivity contribution in [2.45, 2.75) is 26.8 Å². The predicted octanol–water partition coefficient (Wildman–Crippen LogP) is 2.62. The third-order valence-corrected chi connectivity index (χ3v) is 4.78. The molecule has 2 aromatic rings. The first kappa shape index (κ1) is 18.1. The highest BCUT2D eigenvalue weighted by atomic mass is 16.5. The van der Waals surface area contributed by atoms with Crippen LogP contribution in [-0.4, -0.2) is 47.3 Å². The van der Waals surface area contributed by atoms with Gasteiger partial charge in [-0.05, 0) is 38.5 Å². The molecule has 1 aliphatic heterocycles. The van der Waals surface area contributed by atoms with Gasteiger partial charge in [-0.15, -0.1) is 0 Å². The zero-order valence-corrected chi connectivity index (χ0v) is 15.2. The number of aryl methyl sites for hydroxylation is 1.